The van der Waals surface area contributed by atoms with Crippen LogP contribution in [0.25, 0.3) is 10.9 Å². The minimum Gasteiger partial charge on any atom is -0.493 e. The number of rotatable bonds is 4. The van der Waals surface area contributed by atoms with Gasteiger partial charge in [-0.3, -0.25) is 0 Å². The van der Waals surface area contributed by atoms with Crippen molar-refractivity contribution in [2.24, 2.45) is 0 Å². The first-order valence-electron chi connectivity index (χ1n) is 8.52. The molecule has 1 aromatic carbocycles. The van der Waals surface area contributed by atoms with Crippen molar-refractivity contribution in [2.45, 2.75) is 58.2 Å². The summed E-state index contributed by atoms with van der Waals surface area (Å²) in [6, 6.07) is 10.5. The van der Waals surface area contributed by atoms with Gasteiger partial charge in [0, 0.05) is 16.2 Å². The smallest absolute Gasteiger partial charge is 0.128 e. The highest BCUT2D eigenvalue weighted by molar-refractivity contribution is 6.91. The Morgan fingerprint density at radius 3 is 2.57 bits per heavy atom. The topological polar surface area (TPSA) is 25.0 Å². The van der Waals surface area contributed by atoms with E-state index in [1.165, 1.54) is 48.3 Å². The fourth-order valence-electron chi connectivity index (χ4n) is 3.97. The number of hydrogen-bond acceptors (Lipinski definition) is 1. The fraction of sp³-hybridized carbons (Fsp3) is 0.556. The molecule has 0 aliphatic carbocycles. The molecule has 21 heavy (non-hydrogen) atoms. The highest BCUT2D eigenvalue weighted by Gasteiger charge is 2.34. The Kier molecular flexibility index (Phi) is 4.11. The number of hydrogen-bond donors (Lipinski definition) is 1. The van der Waals surface area contributed by atoms with E-state index in [1.807, 2.05) is 0 Å². The maximum atomic E-state index is 6.02. The van der Waals surface area contributed by atoms with E-state index in [-0.39, 0.29) is 0 Å². The van der Waals surface area contributed by atoms with E-state index in [0.717, 1.165) is 12.4 Å². The molecule has 1 N–H and O–H groups in total. The van der Waals surface area contributed by atoms with Crippen molar-refractivity contribution < 1.29 is 4.74 Å². The van der Waals surface area contributed by atoms with Gasteiger partial charge in [-0.1, -0.05) is 45.0 Å². The molecule has 0 bridgehead atoms. The molecule has 0 saturated carbocycles. The van der Waals surface area contributed by atoms with Gasteiger partial charge in [0.25, 0.3) is 0 Å². The number of aryl methyl sites for hydroxylation is 1. The van der Waals surface area contributed by atoms with Crippen LogP contribution >= 0.6 is 0 Å². The number of aromatic nitrogens is 1. The molecule has 0 spiro atoms. The molecule has 1 aromatic heterocycles. The molecule has 0 radical (unpaired) electrons. The Labute approximate surface area is 128 Å². The fourth-order valence-corrected chi connectivity index (χ4v) is 7.82. The van der Waals surface area contributed by atoms with Crippen LogP contribution < -0.4 is 10.1 Å². The third kappa shape index (κ3) is 2.32. The second kappa shape index (κ2) is 5.88. The van der Waals surface area contributed by atoms with Gasteiger partial charge in [0.15, 0.2) is 0 Å². The summed E-state index contributed by atoms with van der Waals surface area (Å²) in [5, 5.41) is 2.99. The summed E-state index contributed by atoms with van der Waals surface area (Å²) in [6.45, 7) is 8.02. The molecule has 0 atom stereocenters. The van der Waals surface area contributed by atoms with Crippen LogP contribution in [0.3, 0.4) is 0 Å². The van der Waals surface area contributed by atoms with Crippen LogP contribution in [0.15, 0.2) is 18.2 Å². The number of aromatic amines is 1. The highest BCUT2D eigenvalue weighted by Crippen LogP contribution is 2.33. The SMILES string of the molecule is CC[Si](CC)(CC)c1[nH]c2cccc3c2c1CCCCO3. The number of benzene rings is 1. The summed E-state index contributed by atoms with van der Waals surface area (Å²) in [6.07, 6.45) is 3.62. The summed E-state index contributed by atoms with van der Waals surface area (Å²) in [7, 11) is -1.38. The first-order chi connectivity index (χ1) is 10.3. The van der Waals surface area contributed by atoms with Crippen molar-refractivity contribution in [1.29, 1.82) is 0 Å². The molecular formula is C18H27NOSi. The maximum absolute atomic E-state index is 6.02. The molecule has 1 aliphatic heterocycles. The molecule has 2 nitrogen and oxygen atoms in total. The molecule has 0 amide bonds. The Hall–Kier alpha value is -1.22. The Bertz CT molecular complexity index is 619. The summed E-state index contributed by atoms with van der Waals surface area (Å²) >= 11 is 0. The molecule has 0 saturated heterocycles. The first-order valence-corrected chi connectivity index (χ1v) is 11.1. The van der Waals surface area contributed by atoms with Crippen LogP contribution in [-0.2, 0) is 6.42 Å². The number of H-pyrrole nitrogens is 1. The molecule has 114 valence electrons. The van der Waals surface area contributed by atoms with Crippen molar-refractivity contribution >= 4 is 24.3 Å². The van der Waals surface area contributed by atoms with Gasteiger partial charge >= 0.3 is 0 Å². The minimum atomic E-state index is -1.38. The van der Waals surface area contributed by atoms with Gasteiger partial charge in [-0.15, -0.1) is 0 Å². The molecule has 1 aliphatic rings. The van der Waals surface area contributed by atoms with Gasteiger partial charge in [0.2, 0.25) is 0 Å². The van der Waals surface area contributed by atoms with Gasteiger partial charge < -0.3 is 9.72 Å². The Morgan fingerprint density at radius 1 is 1.10 bits per heavy atom. The molecule has 2 aromatic rings. The molecule has 2 heterocycles. The average Bonchev–Trinajstić information content (AvgIpc) is 2.86. The minimum absolute atomic E-state index is 0.858. The molecule has 0 unspecified atom stereocenters. The first kappa shape index (κ1) is 14.7. The van der Waals surface area contributed by atoms with Crippen molar-refractivity contribution in [2.75, 3.05) is 6.61 Å². The van der Waals surface area contributed by atoms with Crippen LogP contribution in [0.5, 0.6) is 5.75 Å². The second-order valence-electron chi connectivity index (χ2n) is 6.30. The van der Waals surface area contributed by atoms with Gasteiger partial charge in [0.05, 0.1) is 6.61 Å². The quantitative estimate of drug-likeness (QED) is 0.820. The predicted octanol–water partition coefficient (Wildman–Crippen LogP) is 4.60. The number of ether oxygens (including phenoxy) is 1. The third-order valence-corrected chi connectivity index (χ3v) is 11.1. The summed E-state index contributed by atoms with van der Waals surface area (Å²) in [4.78, 5) is 3.83. The van der Waals surface area contributed by atoms with Gasteiger partial charge in [-0.2, -0.15) is 0 Å². The summed E-state index contributed by atoms with van der Waals surface area (Å²) in [5.41, 5.74) is 2.86. The van der Waals surface area contributed by atoms with Crippen LogP contribution in [-0.4, -0.2) is 19.7 Å². The zero-order chi connectivity index (χ0) is 14.9. The lowest BCUT2D eigenvalue weighted by atomic mass is 10.1. The van der Waals surface area contributed by atoms with Crippen molar-refractivity contribution in [3.05, 3.63) is 23.8 Å². The van der Waals surface area contributed by atoms with E-state index in [1.54, 1.807) is 10.9 Å². The van der Waals surface area contributed by atoms with Crippen LogP contribution in [0.1, 0.15) is 39.2 Å². The van der Waals surface area contributed by atoms with Gasteiger partial charge in [0.1, 0.15) is 13.8 Å². The zero-order valence-electron chi connectivity index (χ0n) is 13.6. The van der Waals surface area contributed by atoms with E-state index in [9.17, 15) is 0 Å². The lowest BCUT2D eigenvalue weighted by Crippen LogP contribution is -2.48. The van der Waals surface area contributed by atoms with E-state index in [2.05, 4.69) is 44.0 Å². The number of nitrogens with one attached hydrogen (secondary N) is 1. The normalized spacial score (nSPS) is 15.6. The Morgan fingerprint density at radius 2 is 1.86 bits per heavy atom. The van der Waals surface area contributed by atoms with E-state index in [4.69, 9.17) is 4.74 Å². The highest BCUT2D eigenvalue weighted by atomic mass is 28.3. The maximum Gasteiger partial charge on any atom is 0.128 e. The summed E-state index contributed by atoms with van der Waals surface area (Å²) < 4.78 is 6.02. The van der Waals surface area contributed by atoms with E-state index in [0.29, 0.717) is 0 Å². The van der Waals surface area contributed by atoms with Gasteiger partial charge in [-0.05, 0) is 37.0 Å². The van der Waals surface area contributed by atoms with Crippen LogP contribution in [0.2, 0.25) is 18.1 Å². The van der Waals surface area contributed by atoms with Crippen LogP contribution in [0.4, 0.5) is 0 Å². The summed E-state index contributed by atoms with van der Waals surface area (Å²) in [5.74, 6) is 1.09. The average molecular weight is 302 g/mol. The zero-order valence-corrected chi connectivity index (χ0v) is 14.6. The second-order valence-corrected chi connectivity index (χ2v) is 11.5. The molecular weight excluding hydrogens is 274 g/mol. The lowest BCUT2D eigenvalue weighted by Gasteiger charge is -2.29. The largest absolute Gasteiger partial charge is 0.493 e. The monoisotopic (exact) mass is 301 g/mol. The van der Waals surface area contributed by atoms with Crippen LogP contribution in [0, 0.1) is 0 Å². The van der Waals surface area contributed by atoms with E-state index < -0.39 is 8.07 Å². The third-order valence-electron chi connectivity index (χ3n) is 5.53. The van der Waals surface area contributed by atoms with E-state index >= 15 is 0 Å². The predicted molar refractivity (Wildman–Crippen MR) is 93.6 cm³/mol. The van der Waals surface area contributed by atoms with Crippen molar-refractivity contribution in [3.63, 3.8) is 0 Å². The lowest BCUT2D eigenvalue weighted by molar-refractivity contribution is 0.307. The van der Waals surface area contributed by atoms with Crippen molar-refractivity contribution in [1.82, 2.24) is 4.98 Å². The van der Waals surface area contributed by atoms with Gasteiger partial charge in [-0.25, -0.2) is 0 Å². The van der Waals surface area contributed by atoms with Crippen molar-refractivity contribution in [3.8, 4) is 5.75 Å². The standard InChI is InChI=1S/C18H27NOSi/c1-4-21(5-2,6-3)18-14-10-7-8-13-20-16-12-9-11-15(19-18)17(14)16/h9,11-12,19H,4-8,10,13H2,1-3H3. The molecule has 3 heteroatoms. The molecule has 3 rings (SSSR count). The molecule has 0 fully saturated rings. The Balaban J connectivity index is 2.27.